The summed E-state index contributed by atoms with van der Waals surface area (Å²) in [5, 5.41) is 24.0. The predicted octanol–water partition coefficient (Wildman–Crippen LogP) is 4.33. The van der Waals surface area contributed by atoms with E-state index in [1.54, 1.807) is 0 Å². The van der Waals surface area contributed by atoms with E-state index in [1.165, 1.54) is 25.1 Å². The van der Waals surface area contributed by atoms with Crippen molar-refractivity contribution in [3.05, 3.63) is 88.3 Å². The van der Waals surface area contributed by atoms with Crippen LogP contribution in [0, 0.1) is 11.0 Å². The van der Waals surface area contributed by atoms with E-state index in [1.807, 2.05) is 0 Å². The number of alkyl halides is 5. The number of amides is 1. The van der Waals surface area contributed by atoms with Crippen molar-refractivity contribution >= 4 is 5.91 Å². The Morgan fingerprint density at radius 1 is 1.12 bits per heavy atom. The quantitative estimate of drug-likeness (QED) is 0.309. The Hall–Kier alpha value is -3.67. The highest BCUT2D eigenvalue weighted by Gasteiger charge is 2.39. The van der Waals surface area contributed by atoms with Gasteiger partial charge in [0.25, 0.3) is 18.0 Å². The van der Waals surface area contributed by atoms with Crippen LogP contribution in [0.25, 0.3) is 11.3 Å². The Morgan fingerprint density at radius 2 is 1.82 bits per heavy atom. The van der Waals surface area contributed by atoms with Crippen LogP contribution in [0.3, 0.4) is 0 Å². The Labute approximate surface area is 189 Å². The zero-order chi connectivity index (χ0) is 25.2. The van der Waals surface area contributed by atoms with Crippen LogP contribution < -0.4 is 10.0 Å². The van der Waals surface area contributed by atoms with Crippen molar-refractivity contribution in [3.63, 3.8) is 0 Å². The SMILES string of the molecule is C[C@@H](NC(=O)c1cc(-c2ccc(F)cn2)cc(C(O)C(F)F)c1)c1ccc(C(F)(F)F)[n+]([O-])c1. The summed E-state index contributed by atoms with van der Waals surface area (Å²) in [6.07, 6.45) is -8.69. The van der Waals surface area contributed by atoms with E-state index < -0.39 is 42.2 Å². The molecule has 6 nitrogen and oxygen atoms in total. The lowest BCUT2D eigenvalue weighted by molar-refractivity contribution is -0.629. The third-order valence-corrected chi connectivity index (χ3v) is 4.90. The van der Waals surface area contributed by atoms with Gasteiger partial charge in [-0.1, -0.05) is 0 Å². The van der Waals surface area contributed by atoms with Crippen molar-refractivity contribution in [2.45, 2.75) is 31.7 Å². The molecule has 2 N–H and O–H groups in total. The molecule has 0 aliphatic carbocycles. The monoisotopic (exact) mass is 485 g/mol. The fourth-order valence-corrected chi connectivity index (χ4v) is 3.13. The second kappa shape index (κ2) is 9.67. The van der Waals surface area contributed by atoms with Crippen molar-refractivity contribution in [2.75, 3.05) is 0 Å². The Bertz CT molecular complexity index is 1190. The predicted molar refractivity (Wildman–Crippen MR) is 107 cm³/mol. The first-order valence-corrected chi connectivity index (χ1v) is 9.71. The third-order valence-electron chi connectivity index (χ3n) is 4.90. The van der Waals surface area contributed by atoms with Crippen LogP contribution >= 0.6 is 0 Å². The maximum absolute atomic E-state index is 13.2. The van der Waals surface area contributed by atoms with Gasteiger partial charge in [-0.25, -0.2) is 13.2 Å². The van der Waals surface area contributed by atoms with Gasteiger partial charge in [0.05, 0.1) is 17.9 Å². The van der Waals surface area contributed by atoms with Gasteiger partial charge < -0.3 is 15.6 Å². The van der Waals surface area contributed by atoms with Crippen LogP contribution in [0.5, 0.6) is 0 Å². The highest BCUT2D eigenvalue weighted by atomic mass is 19.4. The number of aliphatic hydroxyl groups excluding tert-OH is 1. The van der Waals surface area contributed by atoms with Gasteiger partial charge in [-0.15, -0.1) is 0 Å². The number of halogens is 6. The van der Waals surface area contributed by atoms with Crippen molar-refractivity contribution in [3.8, 4) is 11.3 Å². The topological polar surface area (TPSA) is 89.2 Å². The number of carbonyl (C=O) groups excluding carboxylic acids is 1. The lowest BCUT2D eigenvalue weighted by Gasteiger charge is -2.17. The van der Waals surface area contributed by atoms with Crippen LogP contribution in [-0.2, 0) is 6.18 Å². The number of aromatic nitrogens is 2. The van der Waals surface area contributed by atoms with E-state index in [0.717, 1.165) is 24.4 Å². The lowest BCUT2D eigenvalue weighted by atomic mass is 9.99. The van der Waals surface area contributed by atoms with E-state index >= 15 is 0 Å². The highest BCUT2D eigenvalue weighted by Crippen LogP contribution is 2.29. The molecule has 1 amide bonds. The molecule has 2 atom stereocenters. The highest BCUT2D eigenvalue weighted by molar-refractivity contribution is 5.96. The number of benzene rings is 1. The van der Waals surface area contributed by atoms with Crippen LogP contribution in [-0.4, -0.2) is 22.4 Å². The second-order valence-electron chi connectivity index (χ2n) is 7.35. The molecule has 0 saturated heterocycles. The van der Waals surface area contributed by atoms with E-state index in [2.05, 4.69) is 10.3 Å². The minimum Gasteiger partial charge on any atom is -0.618 e. The minimum atomic E-state index is -4.86. The van der Waals surface area contributed by atoms with Crippen LogP contribution in [0.2, 0.25) is 0 Å². The molecule has 0 radical (unpaired) electrons. The van der Waals surface area contributed by atoms with Gasteiger partial charge in [-0.05, 0) is 48.9 Å². The van der Waals surface area contributed by atoms with Gasteiger partial charge in [0.15, 0.2) is 6.20 Å². The molecule has 3 rings (SSSR count). The summed E-state index contributed by atoms with van der Waals surface area (Å²) in [5.41, 5.74) is -1.57. The van der Waals surface area contributed by atoms with Crippen molar-refractivity contribution in [1.29, 1.82) is 0 Å². The molecule has 2 aromatic heterocycles. The molecule has 34 heavy (non-hydrogen) atoms. The van der Waals surface area contributed by atoms with Gasteiger partial charge in [-0.2, -0.15) is 17.9 Å². The number of hydrogen-bond donors (Lipinski definition) is 2. The number of pyridine rings is 2. The largest absolute Gasteiger partial charge is 0.618 e. The summed E-state index contributed by atoms with van der Waals surface area (Å²) in [5.74, 6) is -1.47. The first-order chi connectivity index (χ1) is 15.9. The second-order valence-corrected chi connectivity index (χ2v) is 7.35. The molecular weight excluding hydrogens is 468 g/mol. The standard InChI is InChI=1S/C22H17F6N3O3/c1-11(12-2-5-18(22(26,27)28)31(34)10-12)30-21(33)15-7-13(17-4-3-16(23)9-29-17)6-14(8-15)19(32)20(24)25/h2-11,19-20,32H,1H3,(H,30,33)/t11-,19?/m1/s1. The van der Waals surface area contributed by atoms with Crippen molar-refractivity contribution in [1.82, 2.24) is 10.3 Å². The smallest absolute Gasteiger partial charge is 0.478 e. The first kappa shape index (κ1) is 25.0. The molecule has 1 aromatic carbocycles. The average Bonchev–Trinajstić information content (AvgIpc) is 2.77. The van der Waals surface area contributed by atoms with Gasteiger partial charge in [0, 0.05) is 22.8 Å². The van der Waals surface area contributed by atoms with E-state index in [9.17, 15) is 41.5 Å². The van der Waals surface area contributed by atoms with E-state index in [4.69, 9.17) is 0 Å². The molecule has 0 spiro atoms. The molecule has 0 fully saturated rings. The van der Waals surface area contributed by atoms with E-state index in [0.29, 0.717) is 12.3 Å². The minimum absolute atomic E-state index is 0.0561. The van der Waals surface area contributed by atoms with Crippen molar-refractivity contribution < 1.29 is 41.0 Å². The maximum Gasteiger partial charge on any atom is 0.478 e. The molecule has 2 heterocycles. The summed E-state index contributed by atoms with van der Waals surface area (Å²) < 4.78 is 77.4. The molecule has 0 aliphatic heterocycles. The van der Waals surface area contributed by atoms with Crippen LogP contribution in [0.4, 0.5) is 26.3 Å². The Morgan fingerprint density at radius 3 is 2.38 bits per heavy atom. The van der Waals surface area contributed by atoms with Crippen LogP contribution in [0.15, 0.2) is 54.9 Å². The number of rotatable bonds is 6. The van der Waals surface area contributed by atoms with Crippen molar-refractivity contribution in [2.24, 2.45) is 0 Å². The summed E-state index contributed by atoms with van der Waals surface area (Å²) in [6.45, 7) is 1.40. The molecule has 12 heteroatoms. The molecule has 1 unspecified atom stereocenters. The number of nitrogens with one attached hydrogen (secondary N) is 1. The zero-order valence-electron chi connectivity index (χ0n) is 17.4. The lowest BCUT2D eigenvalue weighted by Crippen LogP contribution is -2.38. The molecule has 3 aromatic rings. The van der Waals surface area contributed by atoms with Crippen LogP contribution in [0.1, 0.15) is 46.2 Å². The molecule has 0 saturated carbocycles. The Balaban J connectivity index is 1.92. The summed E-state index contributed by atoms with van der Waals surface area (Å²) in [6, 6.07) is 6.44. The molecule has 180 valence electrons. The first-order valence-electron chi connectivity index (χ1n) is 9.71. The number of hydrogen-bond acceptors (Lipinski definition) is 4. The fourth-order valence-electron chi connectivity index (χ4n) is 3.13. The van der Waals surface area contributed by atoms with E-state index in [-0.39, 0.29) is 32.7 Å². The Kier molecular flexibility index (Phi) is 7.10. The molecule has 0 bridgehead atoms. The number of aliphatic hydroxyl groups is 1. The third kappa shape index (κ3) is 5.63. The molecular formula is C22H17F6N3O3. The van der Waals surface area contributed by atoms with Gasteiger partial charge in [0.2, 0.25) is 0 Å². The fraction of sp³-hybridized carbons (Fsp3) is 0.227. The molecule has 0 aliphatic rings. The number of nitrogens with zero attached hydrogens (tertiary/aromatic N) is 2. The summed E-state index contributed by atoms with van der Waals surface area (Å²) in [7, 11) is 0. The number of carbonyl (C=O) groups is 1. The average molecular weight is 485 g/mol. The zero-order valence-corrected chi connectivity index (χ0v) is 17.4. The maximum atomic E-state index is 13.2. The normalized spacial score (nSPS) is 13.6. The van der Waals surface area contributed by atoms with Gasteiger partial charge in [-0.3, -0.25) is 9.78 Å². The van der Waals surface area contributed by atoms with Gasteiger partial charge >= 0.3 is 6.18 Å². The summed E-state index contributed by atoms with van der Waals surface area (Å²) in [4.78, 5) is 16.6. The summed E-state index contributed by atoms with van der Waals surface area (Å²) >= 11 is 0. The van der Waals surface area contributed by atoms with Gasteiger partial charge in [0.1, 0.15) is 11.9 Å².